The van der Waals surface area contributed by atoms with Gasteiger partial charge in [0.1, 0.15) is 22.8 Å². The van der Waals surface area contributed by atoms with Crippen molar-refractivity contribution in [1.82, 2.24) is 0 Å². The number of ether oxygens (including phenoxy) is 3. The van der Waals surface area contributed by atoms with Crippen LogP contribution >= 0.6 is 0 Å². The van der Waals surface area contributed by atoms with Gasteiger partial charge in [-0.2, -0.15) is 0 Å². The molecule has 0 aliphatic rings. The average Bonchev–Trinajstić information content (AvgIpc) is 2.60. The first kappa shape index (κ1) is 17.1. The molecule has 0 aliphatic heterocycles. The van der Waals surface area contributed by atoms with Crippen LogP contribution in [0.3, 0.4) is 0 Å². The summed E-state index contributed by atoms with van der Waals surface area (Å²) in [5.41, 5.74) is 0.433. The van der Waals surface area contributed by atoms with E-state index in [-0.39, 0.29) is 11.3 Å². The molecule has 2 rings (SSSR count). The largest absolute Gasteiger partial charge is 0.507 e. The smallest absolute Gasteiger partial charge is 0.342 e. The lowest BCUT2D eigenvalue weighted by Gasteiger charge is -2.09. The Bertz CT molecular complexity index is 744. The Kier molecular flexibility index (Phi) is 5.62. The maximum atomic E-state index is 12.0. The van der Waals surface area contributed by atoms with Gasteiger partial charge in [0.2, 0.25) is 0 Å². The van der Waals surface area contributed by atoms with Gasteiger partial charge in [-0.3, -0.25) is 4.79 Å². The predicted molar refractivity (Wildman–Crippen MR) is 86.6 cm³/mol. The molecule has 0 bridgehead atoms. The number of methoxy groups -OCH3 is 2. The molecule has 0 unspecified atom stereocenters. The molecule has 0 saturated carbocycles. The Balaban J connectivity index is 1.94. The fourth-order valence-electron chi connectivity index (χ4n) is 1.91. The summed E-state index contributed by atoms with van der Waals surface area (Å²) in [5.74, 6) is -0.619. The molecule has 0 aromatic heterocycles. The number of nitrogens with one attached hydrogen (secondary N) is 1. The van der Waals surface area contributed by atoms with E-state index in [9.17, 15) is 14.7 Å². The van der Waals surface area contributed by atoms with E-state index in [1.165, 1.54) is 32.4 Å². The highest BCUT2D eigenvalue weighted by Crippen LogP contribution is 2.23. The number of carbonyl (C=O) groups is 2. The first-order chi connectivity index (χ1) is 11.5. The number of hydrogen-bond acceptors (Lipinski definition) is 6. The van der Waals surface area contributed by atoms with Crippen LogP contribution in [0.4, 0.5) is 5.69 Å². The van der Waals surface area contributed by atoms with Crippen molar-refractivity contribution in [3.05, 3.63) is 48.0 Å². The second-order valence-electron chi connectivity index (χ2n) is 4.74. The van der Waals surface area contributed by atoms with Crippen LogP contribution in [0.2, 0.25) is 0 Å². The first-order valence-electron chi connectivity index (χ1n) is 7.01. The van der Waals surface area contributed by atoms with Gasteiger partial charge in [-0.15, -0.1) is 0 Å². The predicted octanol–water partition coefficient (Wildman–Crippen LogP) is 2.20. The lowest BCUT2D eigenvalue weighted by atomic mass is 10.2. The molecule has 0 saturated heterocycles. The van der Waals surface area contributed by atoms with Gasteiger partial charge in [-0.05, 0) is 30.3 Å². The quantitative estimate of drug-likeness (QED) is 0.788. The van der Waals surface area contributed by atoms with Gasteiger partial charge < -0.3 is 24.6 Å². The summed E-state index contributed by atoms with van der Waals surface area (Å²) in [4.78, 5) is 23.8. The van der Waals surface area contributed by atoms with Crippen LogP contribution in [-0.4, -0.2) is 37.8 Å². The lowest BCUT2D eigenvalue weighted by Crippen LogP contribution is -2.21. The number of carbonyl (C=O) groups excluding carboxylic acids is 2. The first-order valence-corrected chi connectivity index (χ1v) is 7.01. The summed E-state index contributed by atoms with van der Waals surface area (Å²) in [7, 11) is 2.95. The van der Waals surface area contributed by atoms with Crippen LogP contribution < -0.4 is 14.8 Å². The van der Waals surface area contributed by atoms with E-state index >= 15 is 0 Å². The zero-order valence-corrected chi connectivity index (χ0v) is 13.2. The van der Waals surface area contributed by atoms with Crippen molar-refractivity contribution in [2.24, 2.45) is 0 Å². The van der Waals surface area contributed by atoms with Gasteiger partial charge in [-0.1, -0.05) is 6.07 Å². The minimum Gasteiger partial charge on any atom is -0.507 e. The fraction of sp³-hybridized carbons (Fsp3) is 0.176. The number of rotatable bonds is 6. The van der Waals surface area contributed by atoms with Gasteiger partial charge in [0, 0.05) is 11.8 Å². The second-order valence-corrected chi connectivity index (χ2v) is 4.74. The third-order valence-electron chi connectivity index (χ3n) is 3.11. The van der Waals surface area contributed by atoms with E-state index in [4.69, 9.17) is 14.2 Å². The number of hydrogen-bond donors (Lipinski definition) is 2. The summed E-state index contributed by atoms with van der Waals surface area (Å²) < 4.78 is 14.9. The molecule has 7 heteroatoms. The number of benzene rings is 2. The highest BCUT2D eigenvalue weighted by Gasteiger charge is 2.15. The molecular weight excluding hydrogens is 314 g/mol. The standard InChI is InChI=1S/C17H17NO6/c1-22-12-5-3-4-11(8-12)18-16(20)10-24-17(21)14-9-13(23-2)6-7-15(14)19/h3-9,19H,10H2,1-2H3,(H,18,20). The van der Waals surface area contributed by atoms with Crippen molar-refractivity contribution in [2.75, 3.05) is 26.1 Å². The number of phenolic OH excluding ortho intramolecular Hbond substituents is 1. The minimum atomic E-state index is -0.827. The van der Waals surface area contributed by atoms with Crippen LogP contribution in [0.15, 0.2) is 42.5 Å². The van der Waals surface area contributed by atoms with E-state index in [2.05, 4.69) is 5.32 Å². The van der Waals surface area contributed by atoms with Crippen LogP contribution in [-0.2, 0) is 9.53 Å². The number of aromatic hydroxyl groups is 1. The molecule has 0 spiro atoms. The van der Waals surface area contributed by atoms with Gasteiger partial charge >= 0.3 is 5.97 Å². The maximum absolute atomic E-state index is 12.0. The second kappa shape index (κ2) is 7.87. The Morgan fingerprint density at radius 2 is 1.75 bits per heavy atom. The molecule has 7 nitrogen and oxygen atoms in total. The molecule has 0 atom stereocenters. The highest BCUT2D eigenvalue weighted by molar-refractivity contribution is 5.97. The van der Waals surface area contributed by atoms with Crippen molar-refractivity contribution in [3.63, 3.8) is 0 Å². The zero-order chi connectivity index (χ0) is 17.5. The molecule has 24 heavy (non-hydrogen) atoms. The number of anilines is 1. The summed E-state index contributed by atoms with van der Waals surface area (Å²) >= 11 is 0. The minimum absolute atomic E-state index is 0.0801. The Morgan fingerprint density at radius 1 is 1.04 bits per heavy atom. The fourth-order valence-corrected chi connectivity index (χ4v) is 1.91. The Labute approximate surface area is 138 Å². The number of phenols is 1. The van der Waals surface area contributed by atoms with Crippen LogP contribution in [0.1, 0.15) is 10.4 Å². The van der Waals surface area contributed by atoms with E-state index in [1.54, 1.807) is 24.3 Å². The molecule has 2 aromatic rings. The van der Waals surface area contributed by atoms with E-state index in [1.807, 2.05) is 0 Å². The van der Waals surface area contributed by atoms with E-state index in [0.29, 0.717) is 17.2 Å². The average molecular weight is 331 g/mol. The van der Waals surface area contributed by atoms with Crippen molar-refractivity contribution in [2.45, 2.75) is 0 Å². The molecule has 126 valence electrons. The maximum Gasteiger partial charge on any atom is 0.342 e. The van der Waals surface area contributed by atoms with E-state index < -0.39 is 18.5 Å². The van der Waals surface area contributed by atoms with Crippen molar-refractivity contribution in [1.29, 1.82) is 0 Å². The Hall–Kier alpha value is -3.22. The van der Waals surface area contributed by atoms with E-state index in [0.717, 1.165) is 0 Å². The molecule has 0 heterocycles. The van der Waals surface area contributed by atoms with Crippen molar-refractivity contribution < 1.29 is 28.9 Å². The van der Waals surface area contributed by atoms with Crippen molar-refractivity contribution >= 4 is 17.6 Å². The van der Waals surface area contributed by atoms with Crippen LogP contribution in [0.25, 0.3) is 0 Å². The lowest BCUT2D eigenvalue weighted by molar-refractivity contribution is -0.119. The molecule has 1 amide bonds. The van der Waals surface area contributed by atoms with Crippen molar-refractivity contribution in [3.8, 4) is 17.2 Å². The number of esters is 1. The molecular formula is C17H17NO6. The normalized spacial score (nSPS) is 9.92. The topological polar surface area (TPSA) is 94.1 Å². The van der Waals surface area contributed by atoms with Gasteiger partial charge in [0.25, 0.3) is 5.91 Å². The summed E-state index contributed by atoms with van der Waals surface area (Å²) in [6, 6.07) is 10.9. The number of amides is 1. The highest BCUT2D eigenvalue weighted by atomic mass is 16.5. The molecule has 0 fully saturated rings. The zero-order valence-electron chi connectivity index (χ0n) is 13.2. The van der Waals surface area contributed by atoms with Gasteiger partial charge in [0.15, 0.2) is 6.61 Å². The Morgan fingerprint density at radius 3 is 2.46 bits per heavy atom. The van der Waals surface area contributed by atoms with Crippen LogP contribution in [0, 0.1) is 0 Å². The summed E-state index contributed by atoms with van der Waals surface area (Å²) in [5, 5.41) is 12.3. The SMILES string of the molecule is COc1cccc(NC(=O)COC(=O)c2cc(OC)ccc2O)c1. The monoisotopic (exact) mass is 331 g/mol. The molecule has 0 radical (unpaired) electrons. The van der Waals surface area contributed by atoms with Gasteiger partial charge in [0.05, 0.1) is 14.2 Å². The molecule has 2 aromatic carbocycles. The third-order valence-corrected chi connectivity index (χ3v) is 3.11. The van der Waals surface area contributed by atoms with Gasteiger partial charge in [-0.25, -0.2) is 4.79 Å². The van der Waals surface area contributed by atoms with Crippen LogP contribution in [0.5, 0.6) is 17.2 Å². The third kappa shape index (κ3) is 4.39. The summed E-state index contributed by atoms with van der Waals surface area (Å²) in [6.45, 7) is -0.493. The molecule has 2 N–H and O–H groups in total. The molecule has 0 aliphatic carbocycles. The summed E-state index contributed by atoms with van der Waals surface area (Å²) in [6.07, 6.45) is 0.